The van der Waals surface area contributed by atoms with Crippen LogP contribution in [0.15, 0.2) is 24.3 Å². The first-order valence-corrected chi connectivity index (χ1v) is 5.45. The molecule has 0 heterocycles. The van der Waals surface area contributed by atoms with Crippen LogP contribution >= 0.6 is 0 Å². The second kappa shape index (κ2) is 4.17. The number of hydrogen-bond acceptors (Lipinski definition) is 3. The van der Waals surface area contributed by atoms with Crippen molar-refractivity contribution in [2.45, 2.75) is 19.8 Å². The van der Waals surface area contributed by atoms with Gasteiger partial charge in [-0.05, 0) is 43.2 Å². The van der Waals surface area contributed by atoms with Crippen LogP contribution in [-0.2, 0) is 9.59 Å². The Morgan fingerprint density at radius 3 is 2.18 bits per heavy atom. The van der Waals surface area contributed by atoms with Gasteiger partial charge in [0.1, 0.15) is 11.7 Å². The van der Waals surface area contributed by atoms with E-state index in [2.05, 4.69) is 0 Å². The summed E-state index contributed by atoms with van der Waals surface area (Å²) in [6, 6.07) is 3.80. The Kier molecular flexibility index (Phi) is 2.84. The van der Waals surface area contributed by atoms with E-state index in [1.54, 1.807) is 7.11 Å². The minimum atomic E-state index is -0.717. The van der Waals surface area contributed by atoms with Crippen LogP contribution in [0.25, 0.3) is 0 Å². The molecule has 0 radical (unpaired) electrons. The smallest absolute Gasteiger partial charge is 0.171 e. The monoisotopic (exact) mass is 230 g/mol. The fourth-order valence-electron chi connectivity index (χ4n) is 2.26. The first-order valence-electron chi connectivity index (χ1n) is 5.45. The Morgan fingerprint density at radius 2 is 1.65 bits per heavy atom. The van der Waals surface area contributed by atoms with E-state index in [4.69, 9.17) is 4.74 Å². The van der Waals surface area contributed by atoms with E-state index in [9.17, 15) is 9.59 Å². The fourth-order valence-corrected chi connectivity index (χ4v) is 2.26. The first kappa shape index (κ1) is 11.6. The largest absolute Gasteiger partial charge is 0.496 e. The van der Waals surface area contributed by atoms with Gasteiger partial charge >= 0.3 is 0 Å². The normalized spacial score (nSPS) is 15.7. The zero-order chi connectivity index (χ0) is 12.6. The molecule has 0 saturated carbocycles. The predicted molar refractivity (Wildman–Crippen MR) is 64.4 cm³/mol. The molecule has 17 heavy (non-hydrogen) atoms. The van der Waals surface area contributed by atoms with Gasteiger partial charge in [-0.2, -0.15) is 0 Å². The van der Waals surface area contributed by atoms with Crippen molar-refractivity contribution in [2.24, 2.45) is 0 Å². The van der Waals surface area contributed by atoms with Gasteiger partial charge < -0.3 is 4.74 Å². The molecule has 1 aliphatic carbocycles. The number of carbonyl (C=O) groups is 2. The summed E-state index contributed by atoms with van der Waals surface area (Å²) in [5.74, 6) is -0.441. The lowest BCUT2D eigenvalue weighted by Crippen LogP contribution is -2.15. The Balaban J connectivity index is 2.59. The maximum Gasteiger partial charge on any atom is 0.171 e. The van der Waals surface area contributed by atoms with Gasteiger partial charge in [-0.3, -0.25) is 9.59 Å². The van der Waals surface area contributed by atoms with E-state index in [-0.39, 0.29) is 11.6 Å². The average Bonchev–Trinajstić information content (AvgIpc) is 2.59. The summed E-state index contributed by atoms with van der Waals surface area (Å²) in [6.45, 7) is 3.85. The molecular formula is C14H14O3. The number of rotatable bonds is 2. The standard InChI is InChI=1S/C14H14O3/c1-8-6-9(2)13(12(7-8)17-3)14-10(15)4-5-11(14)16/h4-7,14H,1-3H3. The van der Waals surface area contributed by atoms with Crippen LogP contribution in [0.1, 0.15) is 22.6 Å². The molecule has 0 spiro atoms. The molecule has 1 aromatic carbocycles. The van der Waals surface area contributed by atoms with Gasteiger partial charge in [0, 0.05) is 5.56 Å². The SMILES string of the molecule is COc1cc(C)cc(C)c1C1C(=O)C=CC1=O. The quantitative estimate of drug-likeness (QED) is 0.731. The van der Waals surface area contributed by atoms with Crippen LogP contribution in [0.4, 0.5) is 0 Å². The Morgan fingerprint density at radius 1 is 1.06 bits per heavy atom. The van der Waals surface area contributed by atoms with Gasteiger partial charge in [0.25, 0.3) is 0 Å². The molecule has 0 amide bonds. The minimum Gasteiger partial charge on any atom is -0.496 e. The number of ketones is 2. The molecule has 0 N–H and O–H groups in total. The molecular weight excluding hydrogens is 216 g/mol. The zero-order valence-corrected chi connectivity index (χ0v) is 10.1. The topological polar surface area (TPSA) is 43.4 Å². The van der Waals surface area contributed by atoms with Crippen molar-refractivity contribution < 1.29 is 14.3 Å². The van der Waals surface area contributed by atoms with E-state index in [1.165, 1.54) is 12.2 Å². The van der Waals surface area contributed by atoms with E-state index in [0.29, 0.717) is 11.3 Å². The van der Waals surface area contributed by atoms with Gasteiger partial charge in [-0.25, -0.2) is 0 Å². The van der Waals surface area contributed by atoms with Crippen LogP contribution in [0.2, 0.25) is 0 Å². The molecule has 0 saturated heterocycles. The predicted octanol–water partition coefficient (Wildman–Crippen LogP) is 2.10. The van der Waals surface area contributed by atoms with E-state index in [0.717, 1.165) is 11.1 Å². The van der Waals surface area contributed by atoms with Crippen molar-refractivity contribution >= 4 is 11.6 Å². The second-order valence-electron chi connectivity index (χ2n) is 4.27. The van der Waals surface area contributed by atoms with Crippen molar-refractivity contribution in [1.82, 2.24) is 0 Å². The highest BCUT2D eigenvalue weighted by molar-refractivity contribution is 6.23. The molecule has 88 valence electrons. The van der Waals surface area contributed by atoms with Crippen LogP contribution < -0.4 is 4.74 Å². The molecule has 3 nitrogen and oxygen atoms in total. The summed E-state index contributed by atoms with van der Waals surface area (Å²) in [4.78, 5) is 23.5. The molecule has 0 fully saturated rings. The zero-order valence-electron chi connectivity index (χ0n) is 10.1. The molecule has 3 heteroatoms. The third kappa shape index (κ3) is 1.88. The Labute approximate surface area is 100 Å². The molecule has 1 aliphatic rings. The molecule has 0 atom stereocenters. The molecule has 0 bridgehead atoms. The van der Waals surface area contributed by atoms with Gasteiger partial charge in [-0.1, -0.05) is 6.07 Å². The lowest BCUT2D eigenvalue weighted by Gasteiger charge is -2.16. The molecule has 0 aromatic heterocycles. The van der Waals surface area contributed by atoms with Crippen molar-refractivity contribution in [3.8, 4) is 5.75 Å². The van der Waals surface area contributed by atoms with E-state index in [1.807, 2.05) is 26.0 Å². The van der Waals surface area contributed by atoms with Crippen LogP contribution in [0.3, 0.4) is 0 Å². The van der Waals surface area contributed by atoms with Gasteiger partial charge in [0.15, 0.2) is 11.6 Å². The Bertz CT molecular complexity index is 509. The number of hydrogen-bond donors (Lipinski definition) is 0. The van der Waals surface area contributed by atoms with Crippen molar-refractivity contribution in [3.63, 3.8) is 0 Å². The highest BCUT2D eigenvalue weighted by Crippen LogP contribution is 2.34. The summed E-state index contributed by atoms with van der Waals surface area (Å²) >= 11 is 0. The lowest BCUT2D eigenvalue weighted by atomic mass is 9.89. The number of allylic oxidation sites excluding steroid dienone is 2. The van der Waals surface area contributed by atoms with Crippen LogP contribution in [0, 0.1) is 13.8 Å². The maximum atomic E-state index is 11.7. The summed E-state index contributed by atoms with van der Waals surface area (Å²) in [6.07, 6.45) is 2.68. The fraction of sp³-hybridized carbons (Fsp3) is 0.286. The summed E-state index contributed by atoms with van der Waals surface area (Å²) in [5, 5.41) is 0. The van der Waals surface area contributed by atoms with Gasteiger partial charge in [0.2, 0.25) is 0 Å². The third-order valence-electron chi connectivity index (χ3n) is 2.98. The van der Waals surface area contributed by atoms with Gasteiger partial charge in [-0.15, -0.1) is 0 Å². The molecule has 0 unspecified atom stereocenters. The van der Waals surface area contributed by atoms with Crippen molar-refractivity contribution in [2.75, 3.05) is 7.11 Å². The Hall–Kier alpha value is -1.90. The van der Waals surface area contributed by atoms with Crippen molar-refractivity contribution in [1.29, 1.82) is 0 Å². The highest BCUT2D eigenvalue weighted by atomic mass is 16.5. The van der Waals surface area contributed by atoms with Crippen molar-refractivity contribution in [3.05, 3.63) is 41.0 Å². The molecule has 2 rings (SSSR count). The molecule has 1 aromatic rings. The average molecular weight is 230 g/mol. The number of benzene rings is 1. The number of aryl methyl sites for hydroxylation is 2. The van der Waals surface area contributed by atoms with Crippen LogP contribution in [-0.4, -0.2) is 18.7 Å². The maximum absolute atomic E-state index is 11.7. The minimum absolute atomic E-state index is 0.166. The summed E-state index contributed by atoms with van der Waals surface area (Å²) in [5.41, 5.74) is 2.66. The lowest BCUT2D eigenvalue weighted by molar-refractivity contribution is -0.122. The first-order chi connectivity index (χ1) is 8.04. The number of carbonyl (C=O) groups excluding carboxylic acids is 2. The highest BCUT2D eigenvalue weighted by Gasteiger charge is 2.33. The van der Waals surface area contributed by atoms with Crippen LogP contribution in [0.5, 0.6) is 5.75 Å². The van der Waals surface area contributed by atoms with E-state index < -0.39 is 5.92 Å². The van der Waals surface area contributed by atoms with Gasteiger partial charge in [0.05, 0.1) is 7.11 Å². The van der Waals surface area contributed by atoms with E-state index >= 15 is 0 Å². The third-order valence-corrected chi connectivity index (χ3v) is 2.98. The summed E-state index contributed by atoms with van der Waals surface area (Å²) < 4.78 is 5.28. The number of ether oxygens (including phenoxy) is 1. The second-order valence-corrected chi connectivity index (χ2v) is 4.27. The molecule has 0 aliphatic heterocycles. The number of methoxy groups -OCH3 is 1. The summed E-state index contributed by atoms with van der Waals surface area (Å²) in [7, 11) is 1.55.